The minimum absolute atomic E-state index is 0.0266. The lowest BCUT2D eigenvalue weighted by Crippen LogP contribution is -2.42. The van der Waals surface area contributed by atoms with E-state index in [2.05, 4.69) is 5.32 Å². The van der Waals surface area contributed by atoms with Crippen molar-refractivity contribution in [3.63, 3.8) is 0 Å². The fourth-order valence-electron chi connectivity index (χ4n) is 2.21. The second-order valence-electron chi connectivity index (χ2n) is 4.81. The largest absolute Gasteiger partial charge is 0.343 e. The summed E-state index contributed by atoms with van der Waals surface area (Å²) in [5.41, 5.74) is 0.960. The Labute approximate surface area is 118 Å². The highest BCUT2D eigenvalue weighted by atomic mass is 16.2. The molecule has 0 unspecified atom stereocenters. The molecule has 1 N–H and O–H groups in total. The van der Waals surface area contributed by atoms with Crippen LogP contribution in [-0.2, 0) is 4.79 Å². The standard InChI is InChI=1S/C15H17N3O2/c16-10-12-4-6-13(7-5-12)15(20)17-11-14(19)18-8-2-1-3-9-18/h4-7H,1-3,8-9,11H2,(H,17,20). The second kappa shape index (κ2) is 6.71. The molecule has 2 rings (SSSR count). The van der Waals surface area contributed by atoms with E-state index in [1.54, 1.807) is 29.2 Å². The molecular weight excluding hydrogens is 254 g/mol. The van der Waals surface area contributed by atoms with Crippen LogP contribution in [-0.4, -0.2) is 36.3 Å². The molecule has 1 aromatic carbocycles. The molecule has 0 saturated carbocycles. The zero-order valence-electron chi connectivity index (χ0n) is 11.3. The average Bonchev–Trinajstić information content (AvgIpc) is 2.53. The van der Waals surface area contributed by atoms with Gasteiger partial charge in [-0.1, -0.05) is 0 Å². The Bertz CT molecular complexity index is 525. The van der Waals surface area contributed by atoms with Crippen LogP contribution in [0.5, 0.6) is 0 Å². The first-order chi connectivity index (χ1) is 9.70. The van der Waals surface area contributed by atoms with E-state index < -0.39 is 0 Å². The van der Waals surface area contributed by atoms with Crippen molar-refractivity contribution >= 4 is 11.8 Å². The number of rotatable bonds is 3. The summed E-state index contributed by atoms with van der Waals surface area (Å²) in [6, 6.07) is 8.33. The SMILES string of the molecule is N#Cc1ccc(C(=O)NCC(=O)N2CCCCC2)cc1. The van der Waals surface area contributed by atoms with Crippen LogP contribution in [0.25, 0.3) is 0 Å². The maximum absolute atomic E-state index is 11.9. The lowest BCUT2D eigenvalue weighted by atomic mass is 10.1. The molecule has 0 aromatic heterocycles. The maximum atomic E-state index is 11.9. The number of carbonyl (C=O) groups is 2. The lowest BCUT2D eigenvalue weighted by Gasteiger charge is -2.26. The first-order valence-electron chi connectivity index (χ1n) is 6.77. The first-order valence-corrected chi connectivity index (χ1v) is 6.77. The van der Waals surface area contributed by atoms with Crippen molar-refractivity contribution in [2.75, 3.05) is 19.6 Å². The van der Waals surface area contributed by atoms with E-state index in [1.165, 1.54) is 6.42 Å². The molecule has 1 aromatic rings. The third-order valence-electron chi connectivity index (χ3n) is 3.39. The molecule has 0 atom stereocenters. The summed E-state index contributed by atoms with van der Waals surface area (Å²) in [5, 5.41) is 11.3. The van der Waals surface area contributed by atoms with Crippen molar-refractivity contribution in [3.05, 3.63) is 35.4 Å². The van der Waals surface area contributed by atoms with Crippen LogP contribution in [0.4, 0.5) is 0 Å². The summed E-state index contributed by atoms with van der Waals surface area (Å²) in [7, 11) is 0. The molecule has 0 spiro atoms. The van der Waals surface area contributed by atoms with Crippen molar-refractivity contribution in [3.8, 4) is 6.07 Å². The number of piperidine rings is 1. The van der Waals surface area contributed by atoms with E-state index in [0.717, 1.165) is 25.9 Å². The monoisotopic (exact) mass is 271 g/mol. The Hall–Kier alpha value is -2.35. The van der Waals surface area contributed by atoms with E-state index >= 15 is 0 Å². The van der Waals surface area contributed by atoms with Crippen molar-refractivity contribution in [2.24, 2.45) is 0 Å². The highest BCUT2D eigenvalue weighted by Gasteiger charge is 2.17. The van der Waals surface area contributed by atoms with Gasteiger partial charge in [0.2, 0.25) is 5.91 Å². The van der Waals surface area contributed by atoms with Crippen LogP contribution in [0, 0.1) is 11.3 Å². The van der Waals surface area contributed by atoms with Gasteiger partial charge in [-0.05, 0) is 43.5 Å². The summed E-state index contributed by atoms with van der Waals surface area (Å²) < 4.78 is 0. The molecular formula is C15H17N3O2. The summed E-state index contributed by atoms with van der Waals surface area (Å²) in [6.07, 6.45) is 3.24. The average molecular weight is 271 g/mol. The smallest absolute Gasteiger partial charge is 0.251 e. The van der Waals surface area contributed by atoms with Gasteiger partial charge in [0.15, 0.2) is 0 Å². The molecule has 1 fully saturated rings. The minimum atomic E-state index is -0.292. The summed E-state index contributed by atoms with van der Waals surface area (Å²) in [6.45, 7) is 1.59. The molecule has 1 saturated heterocycles. The molecule has 0 bridgehead atoms. The molecule has 1 aliphatic rings. The molecule has 0 radical (unpaired) electrons. The Morgan fingerprint density at radius 1 is 1.15 bits per heavy atom. The number of amides is 2. The molecule has 104 valence electrons. The van der Waals surface area contributed by atoms with Gasteiger partial charge in [-0.2, -0.15) is 5.26 Å². The Kier molecular flexibility index (Phi) is 4.72. The van der Waals surface area contributed by atoms with Gasteiger partial charge < -0.3 is 10.2 Å². The number of nitrogens with zero attached hydrogens (tertiary/aromatic N) is 2. The molecule has 0 aliphatic carbocycles. The fourth-order valence-corrected chi connectivity index (χ4v) is 2.21. The number of hydrogen-bond donors (Lipinski definition) is 1. The zero-order valence-corrected chi connectivity index (χ0v) is 11.3. The van der Waals surface area contributed by atoms with Crippen LogP contribution in [0.15, 0.2) is 24.3 Å². The highest BCUT2D eigenvalue weighted by Crippen LogP contribution is 2.08. The topological polar surface area (TPSA) is 73.2 Å². The summed E-state index contributed by atoms with van der Waals surface area (Å²) >= 11 is 0. The highest BCUT2D eigenvalue weighted by molar-refractivity contribution is 5.96. The van der Waals surface area contributed by atoms with Gasteiger partial charge >= 0.3 is 0 Å². The first kappa shape index (κ1) is 14.1. The predicted molar refractivity (Wildman–Crippen MR) is 73.9 cm³/mol. The summed E-state index contributed by atoms with van der Waals surface area (Å²) in [4.78, 5) is 25.6. The predicted octanol–water partition coefficient (Wildman–Crippen LogP) is 1.30. The molecule has 20 heavy (non-hydrogen) atoms. The normalized spacial score (nSPS) is 14.4. The molecule has 5 nitrogen and oxygen atoms in total. The number of nitriles is 1. The van der Waals surface area contributed by atoms with Crippen molar-refractivity contribution in [2.45, 2.75) is 19.3 Å². The molecule has 2 amide bonds. The number of hydrogen-bond acceptors (Lipinski definition) is 3. The van der Waals surface area contributed by atoms with Gasteiger partial charge in [-0.25, -0.2) is 0 Å². The number of carbonyl (C=O) groups excluding carboxylic acids is 2. The third-order valence-corrected chi connectivity index (χ3v) is 3.39. The fraction of sp³-hybridized carbons (Fsp3) is 0.400. The second-order valence-corrected chi connectivity index (χ2v) is 4.81. The van der Waals surface area contributed by atoms with Gasteiger partial charge in [0, 0.05) is 18.7 Å². The van der Waals surface area contributed by atoms with Crippen LogP contribution in [0.1, 0.15) is 35.2 Å². The molecule has 5 heteroatoms. The Balaban J connectivity index is 1.84. The van der Waals surface area contributed by atoms with Gasteiger partial charge in [0.25, 0.3) is 5.91 Å². The van der Waals surface area contributed by atoms with Crippen molar-refractivity contribution in [1.82, 2.24) is 10.2 Å². The minimum Gasteiger partial charge on any atom is -0.343 e. The van der Waals surface area contributed by atoms with Gasteiger partial charge in [-0.3, -0.25) is 9.59 Å². The van der Waals surface area contributed by atoms with E-state index in [4.69, 9.17) is 5.26 Å². The maximum Gasteiger partial charge on any atom is 0.251 e. The van der Waals surface area contributed by atoms with E-state index in [9.17, 15) is 9.59 Å². The third kappa shape index (κ3) is 3.58. The zero-order chi connectivity index (χ0) is 14.4. The van der Waals surface area contributed by atoms with Crippen LogP contribution in [0.2, 0.25) is 0 Å². The van der Waals surface area contributed by atoms with E-state index in [1.807, 2.05) is 6.07 Å². The van der Waals surface area contributed by atoms with Crippen molar-refractivity contribution < 1.29 is 9.59 Å². The van der Waals surface area contributed by atoms with Gasteiger partial charge in [0.1, 0.15) is 0 Å². The van der Waals surface area contributed by atoms with E-state index in [-0.39, 0.29) is 18.4 Å². The van der Waals surface area contributed by atoms with E-state index in [0.29, 0.717) is 11.1 Å². The number of likely N-dealkylation sites (tertiary alicyclic amines) is 1. The molecule has 1 aliphatic heterocycles. The Morgan fingerprint density at radius 3 is 2.40 bits per heavy atom. The Morgan fingerprint density at radius 2 is 1.80 bits per heavy atom. The lowest BCUT2D eigenvalue weighted by molar-refractivity contribution is -0.130. The number of nitrogens with one attached hydrogen (secondary N) is 1. The van der Waals surface area contributed by atoms with Crippen LogP contribution in [0.3, 0.4) is 0 Å². The van der Waals surface area contributed by atoms with Gasteiger partial charge in [0.05, 0.1) is 18.2 Å². The van der Waals surface area contributed by atoms with Crippen LogP contribution >= 0.6 is 0 Å². The number of benzene rings is 1. The van der Waals surface area contributed by atoms with Crippen molar-refractivity contribution in [1.29, 1.82) is 5.26 Å². The van der Waals surface area contributed by atoms with Gasteiger partial charge in [-0.15, -0.1) is 0 Å². The summed E-state index contributed by atoms with van der Waals surface area (Å²) in [5.74, 6) is -0.327. The molecule has 1 heterocycles. The van der Waals surface area contributed by atoms with Crippen LogP contribution < -0.4 is 5.32 Å². The quantitative estimate of drug-likeness (QED) is 0.900.